The molecule has 0 unspecified atom stereocenters. The van der Waals surface area contributed by atoms with Crippen molar-refractivity contribution in [2.45, 2.75) is 6.61 Å². The van der Waals surface area contributed by atoms with Crippen LogP contribution < -0.4 is 4.74 Å². The van der Waals surface area contributed by atoms with Gasteiger partial charge in [-0.1, -0.05) is 24.3 Å². The summed E-state index contributed by atoms with van der Waals surface area (Å²) in [6, 6.07) is 14.3. The molecule has 7 heteroatoms. The summed E-state index contributed by atoms with van der Waals surface area (Å²) in [6.45, 7) is -0.677. The summed E-state index contributed by atoms with van der Waals surface area (Å²) < 4.78 is 50.4. The Labute approximate surface area is 164 Å². The summed E-state index contributed by atoms with van der Waals surface area (Å²) in [6.07, 6.45) is 0. The second-order valence-corrected chi connectivity index (χ2v) is 6.03. The summed E-state index contributed by atoms with van der Waals surface area (Å²) in [7, 11) is 0. The lowest BCUT2D eigenvalue weighted by Crippen LogP contribution is -2.16. The third-order valence-corrected chi connectivity index (χ3v) is 3.98. The maximum atomic E-state index is 13.6. The van der Waals surface area contributed by atoms with Crippen molar-refractivity contribution in [3.05, 3.63) is 101 Å². The topological polar surface area (TPSA) is 52.6 Å². The van der Waals surface area contributed by atoms with Crippen LogP contribution in [0.5, 0.6) is 5.75 Å². The third-order valence-electron chi connectivity index (χ3n) is 3.98. The van der Waals surface area contributed by atoms with Crippen LogP contribution in [0.4, 0.5) is 13.2 Å². The Balaban J connectivity index is 1.65. The first-order chi connectivity index (χ1) is 13.9. The summed E-state index contributed by atoms with van der Waals surface area (Å²) in [5, 5.41) is 0. The van der Waals surface area contributed by atoms with Crippen molar-refractivity contribution in [2.24, 2.45) is 0 Å². The molecule has 0 amide bonds. The number of ether oxygens (including phenoxy) is 2. The molecular formula is C22H15F3O4. The van der Waals surface area contributed by atoms with Crippen LogP contribution in [0.3, 0.4) is 0 Å². The highest BCUT2D eigenvalue weighted by atomic mass is 19.1. The molecule has 3 aromatic rings. The molecule has 148 valence electrons. The van der Waals surface area contributed by atoms with Gasteiger partial charge in [-0.15, -0.1) is 0 Å². The van der Waals surface area contributed by atoms with E-state index in [4.69, 9.17) is 9.47 Å². The van der Waals surface area contributed by atoms with Gasteiger partial charge in [-0.05, 0) is 48.0 Å². The maximum absolute atomic E-state index is 13.6. The molecule has 29 heavy (non-hydrogen) atoms. The number of benzene rings is 3. The molecule has 0 atom stereocenters. The van der Waals surface area contributed by atoms with Crippen molar-refractivity contribution in [3.8, 4) is 5.75 Å². The number of esters is 1. The van der Waals surface area contributed by atoms with Gasteiger partial charge in [0.1, 0.15) is 35.4 Å². The molecule has 0 aliphatic carbocycles. The van der Waals surface area contributed by atoms with Gasteiger partial charge in [0.2, 0.25) is 5.78 Å². The van der Waals surface area contributed by atoms with Crippen molar-refractivity contribution in [1.29, 1.82) is 0 Å². The van der Waals surface area contributed by atoms with E-state index in [1.54, 1.807) is 24.3 Å². The lowest BCUT2D eigenvalue weighted by molar-refractivity contribution is 0.0469. The molecule has 0 N–H and O–H groups in total. The van der Waals surface area contributed by atoms with E-state index in [9.17, 15) is 22.8 Å². The zero-order chi connectivity index (χ0) is 20.8. The molecule has 0 saturated carbocycles. The van der Waals surface area contributed by atoms with Crippen molar-refractivity contribution in [3.63, 3.8) is 0 Å². The summed E-state index contributed by atoms with van der Waals surface area (Å²) in [5.74, 6) is -3.59. The van der Waals surface area contributed by atoms with E-state index in [1.807, 2.05) is 0 Å². The van der Waals surface area contributed by atoms with E-state index in [-0.39, 0.29) is 23.7 Å². The number of para-hydroxylation sites is 1. The third kappa shape index (κ3) is 5.22. The highest BCUT2D eigenvalue weighted by molar-refractivity contribution is 6.00. The molecule has 4 nitrogen and oxygen atoms in total. The number of hydrogen-bond donors (Lipinski definition) is 0. The Hall–Kier alpha value is -3.61. The van der Waals surface area contributed by atoms with Crippen LogP contribution in [-0.2, 0) is 11.3 Å². The minimum Gasteiger partial charge on any atom is -0.488 e. The van der Waals surface area contributed by atoms with Gasteiger partial charge >= 0.3 is 5.97 Å². The lowest BCUT2D eigenvalue weighted by Gasteiger charge is -2.11. The standard InChI is InChI=1S/C22H15F3O4/c23-15-7-5-14(6-8-15)12-28-21-4-2-1-3-17(21)22(27)29-13-20(26)18-11-16(24)9-10-19(18)25/h1-11H,12-13H2. The van der Waals surface area contributed by atoms with E-state index in [0.717, 1.165) is 18.2 Å². The van der Waals surface area contributed by atoms with E-state index in [1.165, 1.54) is 24.3 Å². The Bertz CT molecular complexity index is 1030. The molecule has 0 fully saturated rings. The predicted molar refractivity (Wildman–Crippen MR) is 98.1 cm³/mol. The van der Waals surface area contributed by atoms with Crippen LogP contribution in [0, 0.1) is 17.5 Å². The Kier molecular flexibility index (Phi) is 6.29. The van der Waals surface area contributed by atoms with Gasteiger partial charge in [0.05, 0.1) is 5.56 Å². The van der Waals surface area contributed by atoms with Crippen LogP contribution in [0.25, 0.3) is 0 Å². The minimum atomic E-state index is -0.907. The summed E-state index contributed by atoms with van der Waals surface area (Å²) >= 11 is 0. The molecule has 0 aliphatic heterocycles. The van der Waals surface area contributed by atoms with Crippen LogP contribution >= 0.6 is 0 Å². The van der Waals surface area contributed by atoms with Crippen LogP contribution in [0.15, 0.2) is 66.7 Å². The molecule has 0 saturated heterocycles. The zero-order valence-electron chi connectivity index (χ0n) is 15.0. The first kappa shape index (κ1) is 20.1. The van der Waals surface area contributed by atoms with Gasteiger partial charge in [0, 0.05) is 0 Å². The van der Waals surface area contributed by atoms with Gasteiger partial charge in [0.15, 0.2) is 6.61 Å². The fourth-order valence-corrected chi connectivity index (χ4v) is 2.50. The molecule has 0 heterocycles. The normalized spacial score (nSPS) is 10.4. The van der Waals surface area contributed by atoms with E-state index < -0.39 is 35.6 Å². The van der Waals surface area contributed by atoms with Crippen molar-refractivity contribution in [1.82, 2.24) is 0 Å². The number of rotatable bonds is 7. The quantitative estimate of drug-likeness (QED) is 0.425. The number of Topliss-reactive ketones (excluding diaryl/α,β-unsaturated/α-hetero) is 1. The van der Waals surface area contributed by atoms with Crippen molar-refractivity contribution >= 4 is 11.8 Å². The van der Waals surface area contributed by atoms with Gasteiger partial charge in [0.25, 0.3) is 0 Å². The second-order valence-electron chi connectivity index (χ2n) is 6.03. The monoisotopic (exact) mass is 400 g/mol. The maximum Gasteiger partial charge on any atom is 0.342 e. The Morgan fingerprint density at radius 3 is 2.24 bits per heavy atom. The Morgan fingerprint density at radius 2 is 1.48 bits per heavy atom. The molecule has 0 spiro atoms. The average Bonchev–Trinajstić information content (AvgIpc) is 2.73. The van der Waals surface area contributed by atoms with Crippen LogP contribution in [0.2, 0.25) is 0 Å². The zero-order valence-corrected chi connectivity index (χ0v) is 15.0. The van der Waals surface area contributed by atoms with Gasteiger partial charge in [-0.2, -0.15) is 0 Å². The lowest BCUT2D eigenvalue weighted by atomic mass is 10.1. The van der Waals surface area contributed by atoms with Crippen LogP contribution in [0.1, 0.15) is 26.3 Å². The highest BCUT2D eigenvalue weighted by Gasteiger charge is 2.18. The summed E-state index contributed by atoms with van der Waals surface area (Å²) in [5.41, 5.74) is 0.243. The number of ketones is 1. The number of carbonyl (C=O) groups excluding carboxylic acids is 2. The largest absolute Gasteiger partial charge is 0.488 e. The van der Waals surface area contributed by atoms with E-state index in [0.29, 0.717) is 5.56 Å². The fraction of sp³-hybridized carbons (Fsp3) is 0.0909. The highest BCUT2D eigenvalue weighted by Crippen LogP contribution is 2.21. The number of halogens is 3. The fourth-order valence-electron chi connectivity index (χ4n) is 2.50. The smallest absolute Gasteiger partial charge is 0.342 e. The van der Waals surface area contributed by atoms with Crippen LogP contribution in [-0.4, -0.2) is 18.4 Å². The van der Waals surface area contributed by atoms with Gasteiger partial charge < -0.3 is 9.47 Å². The van der Waals surface area contributed by atoms with E-state index in [2.05, 4.69) is 0 Å². The number of hydrogen-bond acceptors (Lipinski definition) is 4. The molecule has 0 aromatic heterocycles. The molecule has 3 rings (SSSR count). The van der Waals surface area contributed by atoms with Gasteiger partial charge in [-0.25, -0.2) is 18.0 Å². The van der Waals surface area contributed by atoms with Gasteiger partial charge in [-0.3, -0.25) is 4.79 Å². The molecular weight excluding hydrogens is 385 g/mol. The second kappa shape index (κ2) is 9.05. The average molecular weight is 400 g/mol. The molecule has 3 aromatic carbocycles. The summed E-state index contributed by atoms with van der Waals surface area (Å²) in [4.78, 5) is 24.4. The SMILES string of the molecule is O=C(COC(=O)c1ccccc1OCc1ccc(F)cc1)c1cc(F)ccc1F. The molecule has 0 bridgehead atoms. The minimum absolute atomic E-state index is 0.0575. The molecule has 0 radical (unpaired) electrons. The predicted octanol–water partition coefficient (Wildman–Crippen LogP) is 4.72. The van der Waals surface area contributed by atoms with E-state index >= 15 is 0 Å². The first-order valence-electron chi connectivity index (χ1n) is 8.55. The Morgan fingerprint density at radius 1 is 0.793 bits per heavy atom. The first-order valence-corrected chi connectivity index (χ1v) is 8.55. The molecule has 0 aliphatic rings. The van der Waals surface area contributed by atoms with Crippen molar-refractivity contribution in [2.75, 3.05) is 6.61 Å². The van der Waals surface area contributed by atoms with Crippen molar-refractivity contribution < 1.29 is 32.2 Å². The number of carbonyl (C=O) groups is 2.